The number of hydrogen-bond donors (Lipinski definition) is 8. The Balaban J connectivity index is 0.839. The average Bonchev–Trinajstić information content (AvgIpc) is 3.50. The lowest BCUT2D eigenvalue weighted by molar-refractivity contribution is -0.126. The zero-order chi connectivity index (χ0) is 51.3. The number of hydrogen-bond acceptors (Lipinski definition) is 11. The largest absolute Gasteiger partial charge is 0.504 e. The second-order valence-corrected chi connectivity index (χ2v) is 23.7. The summed E-state index contributed by atoms with van der Waals surface area (Å²) < 4.78 is 5.57. The lowest BCUT2D eigenvalue weighted by Gasteiger charge is -2.55. The maximum Gasteiger partial charge on any atom is 0.163 e. The number of methoxy groups -OCH3 is 1. The highest BCUT2D eigenvalue weighted by molar-refractivity contribution is 6.07. The van der Waals surface area contributed by atoms with Crippen LogP contribution in [0, 0.1) is 52.8 Å². The van der Waals surface area contributed by atoms with Crippen molar-refractivity contribution in [2.45, 2.75) is 128 Å². The summed E-state index contributed by atoms with van der Waals surface area (Å²) in [6, 6.07) is 23.5. The minimum atomic E-state index is -0.432. The molecule has 0 spiro atoms. The number of piperidine rings is 1. The molecule has 0 radical (unpaired) electrons. The Labute approximate surface area is 440 Å². The number of fused-ring (bicyclic) bond motifs is 4. The van der Waals surface area contributed by atoms with Crippen LogP contribution in [0.5, 0.6) is 11.5 Å². The molecule has 3 aromatic carbocycles. The van der Waals surface area contributed by atoms with Gasteiger partial charge in [0.05, 0.1) is 32.4 Å². The van der Waals surface area contributed by atoms with Crippen molar-refractivity contribution in [3.8, 4) is 11.5 Å². The van der Waals surface area contributed by atoms with Crippen molar-refractivity contribution in [3.05, 3.63) is 136 Å². The monoisotopic (exact) mass is 1010 g/mol. The van der Waals surface area contributed by atoms with Crippen LogP contribution in [0.25, 0.3) is 5.57 Å². The highest BCUT2D eigenvalue weighted by atomic mass is 16.5. The molecule has 4 bridgehead atoms. The summed E-state index contributed by atoms with van der Waals surface area (Å²) in [5.41, 5.74) is 14.2. The van der Waals surface area contributed by atoms with E-state index in [4.69, 9.17) is 10.5 Å². The number of aliphatic hydroxyl groups is 2. The number of phenols is 1. The zero-order valence-electron chi connectivity index (χ0n) is 44.0. The number of allylic oxidation sites excluding steroid dienone is 3. The maximum absolute atomic E-state index is 14.4. The van der Waals surface area contributed by atoms with Gasteiger partial charge in [0.15, 0.2) is 17.3 Å². The van der Waals surface area contributed by atoms with Gasteiger partial charge in [0, 0.05) is 37.8 Å². The van der Waals surface area contributed by atoms with Crippen molar-refractivity contribution in [2.24, 2.45) is 58.5 Å². The second kappa shape index (κ2) is 23.6. The smallest absolute Gasteiger partial charge is 0.163 e. The number of nitrogens with one attached hydrogen (secondary N) is 4. The molecule has 9 N–H and O–H groups in total. The highest BCUT2D eigenvalue weighted by Crippen LogP contribution is 2.67. The molecule has 74 heavy (non-hydrogen) atoms. The predicted octanol–water partition coefficient (Wildman–Crippen LogP) is 7.92. The number of benzene rings is 3. The third kappa shape index (κ3) is 11.7. The van der Waals surface area contributed by atoms with Crippen LogP contribution in [-0.4, -0.2) is 91.1 Å². The number of carbonyl (C=O) groups excluding carboxylic acids is 2. The van der Waals surface area contributed by atoms with Crippen LogP contribution >= 0.6 is 0 Å². The number of phenolic OH excluding ortho intramolecular Hbond substituents is 1. The molecule has 5 aliphatic carbocycles. The third-order valence-corrected chi connectivity index (χ3v) is 19.1. The molecule has 1 saturated heterocycles. The van der Waals surface area contributed by atoms with Crippen LogP contribution in [0.1, 0.15) is 105 Å². The number of aryl methyl sites for hydroxylation is 3. The molecule has 1 unspecified atom stereocenters. The molecule has 11 heteroatoms. The fraction of sp³-hybridized carbons (Fsp3) is 0.556. The first-order chi connectivity index (χ1) is 36.0. The SMILES string of the molecule is COc1cc(/C(=C/C(=O)CC(=O)C[C@H]2C[C@@]3(C[C@H]4[C@@H]5CCNC[C@@H]5C[C@@H]5C=CCN[C@@H]45)[C@H]4C[C@@H]2CC[C@@H]3[C@H](NC[C@H](C)O)C4)CO)c(CC2=CNC(N)C=C2CCc2cccc(CCc3ccccc3)c2)cc1O. The third-order valence-electron chi connectivity index (χ3n) is 19.1. The first kappa shape index (κ1) is 52.6. The summed E-state index contributed by atoms with van der Waals surface area (Å²) in [7, 11) is 1.49. The van der Waals surface area contributed by atoms with Crippen molar-refractivity contribution in [2.75, 3.05) is 39.9 Å². The fourth-order valence-electron chi connectivity index (χ4n) is 15.9. The van der Waals surface area contributed by atoms with Crippen molar-refractivity contribution in [3.63, 3.8) is 0 Å². The number of ketones is 2. The zero-order valence-corrected chi connectivity index (χ0v) is 44.0. The topological polar surface area (TPSA) is 178 Å². The molecule has 11 nitrogen and oxygen atoms in total. The van der Waals surface area contributed by atoms with E-state index in [0.717, 1.165) is 94.1 Å². The maximum atomic E-state index is 14.4. The molecule has 3 aromatic rings. The number of nitrogens with two attached hydrogens (primary N) is 1. The van der Waals surface area contributed by atoms with Crippen LogP contribution in [0.15, 0.2) is 108 Å². The van der Waals surface area contributed by atoms with Crippen molar-refractivity contribution < 1.29 is 29.6 Å². The number of aliphatic hydroxyl groups excluding tert-OH is 2. The Morgan fingerprint density at radius 3 is 2.54 bits per heavy atom. The molecular formula is C63H83N5O6. The van der Waals surface area contributed by atoms with Crippen LogP contribution in [0.3, 0.4) is 0 Å². The van der Waals surface area contributed by atoms with Gasteiger partial charge < -0.3 is 47.1 Å². The van der Waals surface area contributed by atoms with Gasteiger partial charge in [-0.25, -0.2) is 0 Å². The molecule has 396 valence electrons. The van der Waals surface area contributed by atoms with E-state index in [1.165, 1.54) is 49.1 Å². The van der Waals surface area contributed by atoms with Crippen molar-refractivity contribution in [1.29, 1.82) is 0 Å². The van der Waals surface area contributed by atoms with E-state index in [1.807, 2.05) is 19.2 Å². The average molecular weight is 1010 g/mol. The lowest BCUT2D eigenvalue weighted by Crippen LogP contribution is -2.58. The van der Waals surface area contributed by atoms with Crippen molar-refractivity contribution in [1.82, 2.24) is 21.3 Å². The van der Waals surface area contributed by atoms with Gasteiger partial charge in [0.2, 0.25) is 0 Å². The number of carbonyl (C=O) groups is 2. The molecule has 6 fully saturated rings. The van der Waals surface area contributed by atoms with Gasteiger partial charge in [-0.3, -0.25) is 9.59 Å². The van der Waals surface area contributed by atoms with E-state index in [1.54, 1.807) is 12.1 Å². The molecule has 0 amide bonds. The normalized spacial score (nSPS) is 31.6. The minimum Gasteiger partial charge on any atom is -0.504 e. The minimum absolute atomic E-state index is 0.0302. The number of aromatic hydroxyl groups is 1. The van der Waals surface area contributed by atoms with Gasteiger partial charge in [0.25, 0.3) is 0 Å². The molecule has 11 rings (SSSR count). The first-order valence-corrected chi connectivity index (χ1v) is 28.3. The molecule has 13 atom stereocenters. The van der Waals surface area contributed by atoms with Gasteiger partial charge in [-0.1, -0.05) is 66.7 Å². The summed E-state index contributed by atoms with van der Waals surface area (Å²) in [4.78, 5) is 28.5. The summed E-state index contributed by atoms with van der Waals surface area (Å²) in [6.07, 6.45) is 22.8. The quantitative estimate of drug-likeness (QED) is 0.0296. The fourth-order valence-corrected chi connectivity index (χ4v) is 15.9. The van der Waals surface area contributed by atoms with E-state index in [9.17, 15) is 24.9 Å². The van der Waals surface area contributed by atoms with Crippen molar-refractivity contribution >= 4 is 17.1 Å². The summed E-state index contributed by atoms with van der Waals surface area (Å²) in [6.45, 7) is 5.16. The lowest BCUT2D eigenvalue weighted by atomic mass is 9.52. The van der Waals surface area contributed by atoms with E-state index < -0.39 is 12.7 Å². The number of rotatable bonds is 21. The van der Waals surface area contributed by atoms with E-state index >= 15 is 0 Å². The van der Waals surface area contributed by atoms with Gasteiger partial charge in [-0.2, -0.15) is 0 Å². The Hall–Kier alpha value is -4.88. The Morgan fingerprint density at radius 2 is 1.74 bits per heavy atom. The van der Waals surface area contributed by atoms with Gasteiger partial charge in [-0.15, -0.1) is 0 Å². The molecule has 8 aliphatic rings. The Kier molecular flexibility index (Phi) is 16.7. The van der Waals surface area contributed by atoms with Gasteiger partial charge in [0.1, 0.15) is 5.78 Å². The van der Waals surface area contributed by atoms with Gasteiger partial charge >= 0.3 is 0 Å². The number of ether oxygens (including phenoxy) is 1. The van der Waals surface area contributed by atoms with Crippen LogP contribution in [0.4, 0.5) is 0 Å². The Bertz CT molecular complexity index is 2590. The molecule has 3 aliphatic heterocycles. The summed E-state index contributed by atoms with van der Waals surface area (Å²) >= 11 is 0. The molecular weight excluding hydrogens is 923 g/mol. The highest BCUT2D eigenvalue weighted by Gasteiger charge is 2.62. The standard InChI is InChI=1S/C63H83N5O6/c1-39(70)35-67-58-30-51-25-43-17-18-57(58)63(51,34-56-54-19-21-65-36-49(54)23-45-12-7-20-66-62(45)56)33-47(43)26-52(71)31-53(72)27-50(38-69)55-32-60(74-2)59(73)28-46(55)24-48-37-68-61(64)29-44(48)16-15-42-11-6-10-41(22-42)14-13-40-8-4-3-5-9-40/h3-12,22,27-29,32,37,39,43,45,47,49,51,54,56-58,61-62,65-70,73H,13-21,23-26,30-31,33-36,38,64H2,1-2H3/b50-27+/t39-,43-,45-,47-,49-,51-,54+,56-,57+,58+,61?,62+,63+/m0/s1. The molecule has 5 saturated carbocycles. The van der Waals surface area contributed by atoms with E-state index in [0.29, 0.717) is 84.0 Å². The van der Waals surface area contributed by atoms with E-state index in [-0.39, 0.29) is 47.0 Å². The number of dihydropyridines is 1. The van der Waals surface area contributed by atoms with Gasteiger partial charge in [-0.05, 0) is 225 Å². The van der Waals surface area contributed by atoms with E-state index in [2.05, 4.69) is 88.0 Å². The number of Topliss-reactive ketones (excluding diaryl/α,β-unsaturated/α-hetero) is 1. The predicted molar refractivity (Wildman–Crippen MR) is 293 cm³/mol. The second-order valence-electron chi connectivity index (χ2n) is 23.7. The molecule has 3 heterocycles. The first-order valence-electron chi connectivity index (χ1n) is 28.3. The Morgan fingerprint density at radius 1 is 0.946 bits per heavy atom. The molecule has 0 aromatic heterocycles. The van der Waals surface area contributed by atoms with Crippen LogP contribution in [0.2, 0.25) is 0 Å². The van der Waals surface area contributed by atoms with Crippen LogP contribution in [-0.2, 0) is 35.3 Å². The van der Waals surface area contributed by atoms with Crippen LogP contribution < -0.4 is 31.7 Å². The summed E-state index contributed by atoms with van der Waals surface area (Å²) in [5, 5.41) is 47.4. The summed E-state index contributed by atoms with van der Waals surface area (Å²) in [5.74, 6) is 4.10.